The van der Waals surface area contributed by atoms with Gasteiger partial charge in [0.1, 0.15) is 17.9 Å². The molecular formula is C17H26N2O. The lowest BCUT2D eigenvalue weighted by molar-refractivity contribution is 0.221. The third-order valence-electron chi connectivity index (χ3n) is 3.07. The summed E-state index contributed by atoms with van der Waals surface area (Å²) >= 11 is 0. The predicted octanol–water partition coefficient (Wildman–Crippen LogP) is 3.64. The van der Waals surface area contributed by atoms with E-state index in [0.717, 1.165) is 11.3 Å². The normalized spacial score (nSPS) is 14.7. The Morgan fingerprint density at radius 1 is 1.20 bits per heavy atom. The van der Waals surface area contributed by atoms with Crippen LogP contribution in [0.4, 0.5) is 0 Å². The summed E-state index contributed by atoms with van der Waals surface area (Å²) < 4.78 is 5.94. The van der Waals surface area contributed by atoms with E-state index < -0.39 is 5.54 Å². The van der Waals surface area contributed by atoms with Gasteiger partial charge in [-0.15, -0.1) is 0 Å². The summed E-state index contributed by atoms with van der Waals surface area (Å²) in [5, 5.41) is 12.6. The summed E-state index contributed by atoms with van der Waals surface area (Å²) in [6.07, 6.45) is 0. The average molecular weight is 274 g/mol. The van der Waals surface area contributed by atoms with Gasteiger partial charge in [-0.2, -0.15) is 5.26 Å². The van der Waals surface area contributed by atoms with E-state index >= 15 is 0 Å². The van der Waals surface area contributed by atoms with Gasteiger partial charge in [0.25, 0.3) is 0 Å². The molecule has 0 spiro atoms. The maximum absolute atomic E-state index is 9.35. The lowest BCUT2D eigenvalue weighted by atomic mass is 9.86. The Bertz CT molecular complexity index is 482. The summed E-state index contributed by atoms with van der Waals surface area (Å²) in [7, 11) is 0. The van der Waals surface area contributed by atoms with Gasteiger partial charge in [0, 0.05) is 6.04 Å². The molecule has 0 radical (unpaired) electrons. The summed E-state index contributed by atoms with van der Waals surface area (Å²) in [4.78, 5) is 0. The predicted molar refractivity (Wildman–Crippen MR) is 82.9 cm³/mol. The summed E-state index contributed by atoms with van der Waals surface area (Å²) in [5.41, 5.74) is 0.495. The highest BCUT2D eigenvalue weighted by Gasteiger charge is 2.27. The number of ether oxygens (including phenoxy) is 1. The highest BCUT2D eigenvalue weighted by Crippen LogP contribution is 2.31. The van der Waals surface area contributed by atoms with Gasteiger partial charge in [0.15, 0.2) is 0 Å². The molecule has 0 saturated carbocycles. The molecule has 1 aromatic rings. The Labute approximate surface area is 123 Å². The van der Waals surface area contributed by atoms with E-state index in [0.29, 0.717) is 6.61 Å². The van der Waals surface area contributed by atoms with Gasteiger partial charge in [-0.1, -0.05) is 39.0 Å². The van der Waals surface area contributed by atoms with Crippen molar-refractivity contribution in [2.45, 2.75) is 58.5 Å². The first-order valence-corrected chi connectivity index (χ1v) is 7.09. The third kappa shape index (κ3) is 4.54. The lowest BCUT2D eigenvalue weighted by Crippen LogP contribution is -2.49. The lowest BCUT2D eigenvalue weighted by Gasteiger charge is -2.28. The summed E-state index contributed by atoms with van der Waals surface area (Å²) in [5.74, 6) is 0.854. The first kappa shape index (κ1) is 16.5. The summed E-state index contributed by atoms with van der Waals surface area (Å²) in [6.45, 7) is 12.7. The molecule has 1 rings (SSSR count). The first-order chi connectivity index (χ1) is 9.18. The van der Waals surface area contributed by atoms with Crippen LogP contribution in [0.1, 0.15) is 47.1 Å². The van der Waals surface area contributed by atoms with Crippen molar-refractivity contribution in [1.82, 2.24) is 5.32 Å². The van der Waals surface area contributed by atoms with Crippen LogP contribution in [0.25, 0.3) is 0 Å². The van der Waals surface area contributed by atoms with Crippen molar-refractivity contribution < 1.29 is 4.74 Å². The molecule has 0 saturated heterocycles. The monoisotopic (exact) mass is 274 g/mol. The Morgan fingerprint density at radius 2 is 1.80 bits per heavy atom. The molecule has 0 aliphatic carbocycles. The number of hydrogen-bond donors (Lipinski definition) is 1. The van der Waals surface area contributed by atoms with Gasteiger partial charge in [-0.05, 0) is 37.8 Å². The number of nitriles is 1. The van der Waals surface area contributed by atoms with Gasteiger partial charge in [0.2, 0.25) is 0 Å². The molecule has 0 aromatic heterocycles. The minimum atomic E-state index is -0.681. The fraction of sp³-hybridized carbons (Fsp3) is 0.588. The van der Waals surface area contributed by atoms with Crippen molar-refractivity contribution in [3.05, 3.63) is 29.8 Å². The van der Waals surface area contributed by atoms with E-state index in [-0.39, 0.29) is 11.5 Å². The van der Waals surface area contributed by atoms with E-state index in [9.17, 15) is 5.26 Å². The second kappa shape index (κ2) is 6.28. The molecule has 3 heteroatoms. The molecule has 0 fully saturated rings. The fourth-order valence-electron chi connectivity index (χ4n) is 2.18. The van der Waals surface area contributed by atoms with Crippen molar-refractivity contribution in [2.75, 3.05) is 6.61 Å². The van der Waals surface area contributed by atoms with E-state index in [1.54, 1.807) is 0 Å². The van der Waals surface area contributed by atoms with Crippen LogP contribution in [0.15, 0.2) is 24.3 Å². The Morgan fingerprint density at radius 3 is 2.30 bits per heavy atom. The maximum Gasteiger partial charge on any atom is 0.138 e. The Kier molecular flexibility index (Phi) is 5.19. The fourth-order valence-corrected chi connectivity index (χ4v) is 2.18. The van der Waals surface area contributed by atoms with Crippen molar-refractivity contribution in [3.8, 4) is 11.8 Å². The standard InChI is InChI=1S/C17H26N2O/c1-13(2)19-17(6,11-18)12-20-15-10-8-7-9-14(15)16(3,4)5/h7-10,13,19H,12H2,1-6H3. The Balaban J connectivity index is 2.88. The number of hydrogen-bond acceptors (Lipinski definition) is 3. The highest BCUT2D eigenvalue weighted by molar-refractivity contribution is 5.38. The quantitative estimate of drug-likeness (QED) is 0.891. The van der Waals surface area contributed by atoms with Crippen LogP contribution in [-0.2, 0) is 5.41 Å². The van der Waals surface area contributed by atoms with Gasteiger partial charge in [-0.3, -0.25) is 5.32 Å². The second-order valence-corrected chi connectivity index (χ2v) is 6.78. The maximum atomic E-state index is 9.35. The van der Waals surface area contributed by atoms with Gasteiger partial charge in [0.05, 0.1) is 6.07 Å². The largest absolute Gasteiger partial charge is 0.490 e. The van der Waals surface area contributed by atoms with Gasteiger partial charge < -0.3 is 4.74 Å². The highest BCUT2D eigenvalue weighted by atomic mass is 16.5. The minimum absolute atomic E-state index is 0.0190. The van der Waals surface area contributed by atoms with Crippen LogP contribution in [0.3, 0.4) is 0 Å². The number of benzene rings is 1. The van der Waals surface area contributed by atoms with Crippen LogP contribution in [0.5, 0.6) is 5.75 Å². The van der Waals surface area contributed by atoms with Crippen LogP contribution in [0.2, 0.25) is 0 Å². The molecule has 0 amide bonds. The van der Waals surface area contributed by atoms with Crippen LogP contribution in [0, 0.1) is 11.3 Å². The molecule has 1 N–H and O–H groups in total. The van der Waals surface area contributed by atoms with Crippen LogP contribution in [-0.4, -0.2) is 18.2 Å². The van der Waals surface area contributed by atoms with E-state index in [1.807, 2.05) is 39.0 Å². The Hall–Kier alpha value is -1.53. The van der Waals surface area contributed by atoms with Gasteiger partial charge >= 0.3 is 0 Å². The molecular weight excluding hydrogens is 248 g/mol. The molecule has 3 nitrogen and oxygen atoms in total. The van der Waals surface area contributed by atoms with E-state index in [1.165, 1.54) is 0 Å². The third-order valence-corrected chi connectivity index (χ3v) is 3.07. The number of nitrogens with zero attached hydrogens (tertiary/aromatic N) is 1. The first-order valence-electron chi connectivity index (χ1n) is 7.09. The van der Waals surface area contributed by atoms with Gasteiger partial charge in [-0.25, -0.2) is 0 Å². The zero-order chi connectivity index (χ0) is 15.4. The topological polar surface area (TPSA) is 45.0 Å². The van der Waals surface area contributed by atoms with Crippen molar-refractivity contribution >= 4 is 0 Å². The second-order valence-electron chi connectivity index (χ2n) is 6.78. The smallest absolute Gasteiger partial charge is 0.138 e. The molecule has 0 aliphatic rings. The summed E-state index contributed by atoms with van der Waals surface area (Å²) in [6, 6.07) is 10.6. The number of nitrogens with one attached hydrogen (secondary N) is 1. The van der Waals surface area contributed by atoms with E-state index in [4.69, 9.17) is 4.74 Å². The molecule has 1 unspecified atom stereocenters. The molecule has 110 valence electrons. The zero-order valence-electron chi connectivity index (χ0n) is 13.4. The molecule has 0 heterocycles. The molecule has 0 aliphatic heterocycles. The molecule has 20 heavy (non-hydrogen) atoms. The van der Waals surface area contributed by atoms with Crippen molar-refractivity contribution in [1.29, 1.82) is 5.26 Å². The average Bonchev–Trinajstić information content (AvgIpc) is 2.35. The van der Waals surface area contributed by atoms with Crippen molar-refractivity contribution in [2.24, 2.45) is 0 Å². The van der Waals surface area contributed by atoms with Crippen LogP contribution >= 0.6 is 0 Å². The number of para-hydroxylation sites is 1. The zero-order valence-corrected chi connectivity index (χ0v) is 13.4. The molecule has 1 aromatic carbocycles. The minimum Gasteiger partial charge on any atom is -0.490 e. The van der Waals surface area contributed by atoms with E-state index in [2.05, 4.69) is 38.2 Å². The number of rotatable bonds is 5. The van der Waals surface area contributed by atoms with Crippen LogP contribution < -0.4 is 10.1 Å². The molecule has 0 bridgehead atoms. The molecule has 1 atom stereocenters. The SMILES string of the molecule is CC(C)NC(C)(C#N)COc1ccccc1C(C)(C)C. The van der Waals surface area contributed by atoms with Crippen molar-refractivity contribution in [3.63, 3.8) is 0 Å².